The summed E-state index contributed by atoms with van der Waals surface area (Å²) >= 11 is 0. The van der Waals surface area contributed by atoms with Crippen LogP contribution < -0.4 is 0 Å². The number of hydrogen-bond acceptors (Lipinski definition) is 1. The minimum absolute atomic E-state index is 1.00. The van der Waals surface area contributed by atoms with Crippen molar-refractivity contribution >= 4 is 12.2 Å². The Hall–Kier alpha value is -2.67. The fourth-order valence-electron chi connectivity index (χ4n) is 2.04. The molecule has 0 spiro atoms. The van der Waals surface area contributed by atoms with Crippen molar-refractivity contribution in [1.29, 1.82) is 0 Å². The van der Waals surface area contributed by atoms with Crippen LogP contribution in [0.3, 0.4) is 0 Å². The lowest BCUT2D eigenvalue weighted by Gasteiger charge is -2.00. The second-order valence-electron chi connectivity index (χ2n) is 4.59. The van der Waals surface area contributed by atoms with Gasteiger partial charge in [0.15, 0.2) is 0 Å². The quantitative estimate of drug-likeness (QED) is 0.649. The zero-order chi connectivity index (χ0) is 13.6. The lowest BCUT2D eigenvalue weighted by atomic mass is 10.1. The number of benzene rings is 2. The van der Waals surface area contributed by atoms with Crippen molar-refractivity contribution in [3.8, 4) is 11.3 Å². The first-order valence-corrected chi connectivity index (χ1v) is 6.66. The number of aromatic nitrogens is 1. The van der Waals surface area contributed by atoms with E-state index in [1.165, 1.54) is 5.56 Å². The lowest BCUT2D eigenvalue weighted by molar-refractivity contribution is 1.31. The third kappa shape index (κ3) is 3.01. The van der Waals surface area contributed by atoms with Gasteiger partial charge >= 0.3 is 0 Å². The Morgan fingerprint density at radius 3 is 1.90 bits per heavy atom. The first kappa shape index (κ1) is 12.4. The maximum Gasteiger partial charge on any atom is 0.0702 e. The van der Waals surface area contributed by atoms with Crippen molar-refractivity contribution in [2.45, 2.75) is 0 Å². The van der Waals surface area contributed by atoms with Gasteiger partial charge in [0.25, 0.3) is 0 Å². The highest BCUT2D eigenvalue weighted by molar-refractivity contribution is 5.70. The van der Waals surface area contributed by atoms with Crippen molar-refractivity contribution in [2.75, 3.05) is 0 Å². The fourth-order valence-corrected chi connectivity index (χ4v) is 2.04. The van der Waals surface area contributed by atoms with E-state index in [-0.39, 0.29) is 0 Å². The van der Waals surface area contributed by atoms with Crippen LogP contribution >= 0.6 is 0 Å². The van der Waals surface area contributed by atoms with Crippen LogP contribution in [0.4, 0.5) is 0 Å². The van der Waals surface area contributed by atoms with Crippen molar-refractivity contribution in [1.82, 2.24) is 4.98 Å². The summed E-state index contributed by atoms with van der Waals surface area (Å²) in [6.45, 7) is 0. The van der Waals surface area contributed by atoms with Gasteiger partial charge in [-0.05, 0) is 17.2 Å². The smallest absolute Gasteiger partial charge is 0.0702 e. The zero-order valence-corrected chi connectivity index (χ0v) is 11.1. The molecule has 1 nitrogen and oxygen atoms in total. The predicted octanol–water partition coefficient (Wildman–Crippen LogP) is 4.92. The Kier molecular flexibility index (Phi) is 3.70. The summed E-state index contributed by atoms with van der Waals surface area (Å²) in [4.78, 5) is 4.51. The zero-order valence-electron chi connectivity index (χ0n) is 11.1. The van der Waals surface area contributed by atoms with E-state index >= 15 is 0 Å². The maximum atomic E-state index is 4.51. The van der Waals surface area contributed by atoms with E-state index in [9.17, 15) is 0 Å². The van der Waals surface area contributed by atoms with E-state index in [0.29, 0.717) is 0 Å². The minimum atomic E-state index is 1.00. The molecule has 0 aliphatic carbocycles. The average molecular weight is 257 g/mol. The van der Waals surface area contributed by atoms with Gasteiger partial charge in [-0.15, -0.1) is 0 Å². The van der Waals surface area contributed by atoms with Crippen LogP contribution in [0.15, 0.2) is 79.0 Å². The molecule has 0 atom stereocenters. The van der Waals surface area contributed by atoms with E-state index < -0.39 is 0 Å². The normalized spacial score (nSPS) is 10.8. The molecule has 0 bridgehead atoms. The minimum Gasteiger partial charge on any atom is -0.256 e. The number of rotatable bonds is 3. The van der Waals surface area contributed by atoms with Crippen LogP contribution in [-0.4, -0.2) is 4.98 Å². The van der Waals surface area contributed by atoms with Crippen molar-refractivity contribution < 1.29 is 0 Å². The van der Waals surface area contributed by atoms with Gasteiger partial charge in [-0.2, -0.15) is 0 Å². The molecule has 0 fully saturated rings. The van der Waals surface area contributed by atoms with Crippen molar-refractivity contribution in [2.24, 2.45) is 0 Å². The van der Waals surface area contributed by atoms with Crippen molar-refractivity contribution in [3.63, 3.8) is 0 Å². The van der Waals surface area contributed by atoms with Gasteiger partial charge in [0.1, 0.15) is 0 Å². The van der Waals surface area contributed by atoms with Crippen molar-refractivity contribution in [3.05, 3.63) is 90.1 Å². The average Bonchev–Trinajstić information content (AvgIpc) is 2.55. The summed E-state index contributed by atoms with van der Waals surface area (Å²) in [5.74, 6) is 0. The molecule has 1 aromatic heterocycles. The summed E-state index contributed by atoms with van der Waals surface area (Å²) in [6, 6.07) is 24.6. The van der Waals surface area contributed by atoms with Crippen LogP contribution in [0.5, 0.6) is 0 Å². The highest BCUT2D eigenvalue weighted by Crippen LogP contribution is 2.17. The highest BCUT2D eigenvalue weighted by atomic mass is 14.7. The number of nitrogens with zero attached hydrogens (tertiary/aromatic N) is 1. The molecule has 0 radical (unpaired) electrons. The molecule has 1 heterocycles. The van der Waals surface area contributed by atoms with Gasteiger partial charge in [0, 0.05) is 11.8 Å². The molecular weight excluding hydrogens is 242 g/mol. The Morgan fingerprint density at radius 1 is 0.600 bits per heavy atom. The second kappa shape index (κ2) is 5.98. The molecule has 0 saturated carbocycles. The third-order valence-electron chi connectivity index (χ3n) is 3.12. The Labute approximate surface area is 119 Å². The third-order valence-corrected chi connectivity index (χ3v) is 3.12. The van der Waals surface area contributed by atoms with Gasteiger partial charge in [-0.25, -0.2) is 0 Å². The SMILES string of the molecule is C(=Cc1ccc(-c2ccccc2)nc1)c1ccccc1. The van der Waals surface area contributed by atoms with Crippen LogP contribution in [0.25, 0.3) is 23.4 Å². The number of hydrogen-bond donors (Lipinski definition) is 0. The molecule has 0 aliphatic heterocycles. The van der Waals surface area contributed by atoms with Crippen LogP contribution in [-0.2, 0) is 0 Å². The van der Waals surface area contributed by atoms with E-state index in [0.717, 1.165) is 16.8 Å². The predicted molar refractivity (Wildman–Crippen MR) is 85.0 cm³/mol. The molecule has 96 valence electrons. The Bertz CT molecular complexity index is 683. The molecule has 0 amide bonds. The topological polar surface area (TPSA) is 12.9 Å². The van der Waals surface area contributed by atoms with Crippen LogP contribution in [0.1, 0.15) is 11.1 Å². The maximum absolute atomic E-state index is 4.51. The Balaban J connectivity index is 1.79. The summed E-state index contributed by atoms with van der Waals surface area (Å²) in [5, 5.41) is 0. The summed E-state index contributed by atoms with van der Waals surface area (Å²) in [6.07, 6.45) is 6.08. The van der Waals surface area contributed by atoms with Gasteiger partial charge in [0.05, 0.1) is 5.69 Å². The molecule has 0 aliphatic rings. The van der Waals surface area contributed by atoms with E-state index in [1.54, 1.807) is 0 Å². The summed E-state index contributed by atoms with van der Waals surface area (Å²) in [5.41, 5.74) is 4.45. The van der Waals surface area contributed by atoms with Gasteiger partial charge in [-0.3, -0.25) is 4.98 Å². The first-order chi connectivity index (χ1) is 9.92. The first-order valence-electron chi connectivity index (χ1n) is 6.66. The summed E-state index contributed by atoms with van der Waals surface area (Å²) < 4.78 is 0. The molecule has 2 aromatic carbocycles. The van der Waals surface area contributed by atoms with E-state index in [1.807, 2.05) is 42.6 Å². The molecule has 0 saturated heterocycles. The fraction of sp³-hybridized carbons (Fsp3) is 0. The van der Waals surface area contributed by atoms with Gasteiger partial charge in [-0.1, -0.05) is 78.9 Å². The van der Waals surface area contributed by atoms with E-state index in [4.69, 9.17) is 0 Å². The molecule has 20 heavy (non-hydrogen) atoms. The molecular formula is C19H15N. The molecule has 1 heteroatoms. The number of pyridine rings is 1. The largest absolute Gasteiger partial charge is 0.256 e. The second-order valence-corrected chi connectivity index (χ2v) is 4.59. The van der Waals surface area contributed by atoms with Gasteiger partial charge in [0.2, 0.25) is 0 Å². The molecule has 3 aromatic rings. The van der Waals surface area contributed by atoms with Gasteiger partial charge < -0.3 is 0 Å². The summed E-state index contributed by atoms with van der Waals surface area (Å²) in [7, 11) is 0. The van der Waals surface area contributed by atoms with Crippen LogP contribution in [0, 0.1) is 0 Å². The lowest BCUT2D eigenvalue weighted by Crippen LogP contribution is -1.83. The Morgan fingerprint density at radius 2 is 1.25 bits per heavy atom. The molecule has 0 N–H and O–H groups in total. The molecule has 0 unspecified atom stereocenters. The monoisotopic (exact) mass is 257 g/mol. The van der Waals surface area contributed by atoms with E-state index in [2.05, 4.69) is 53.5 Å². The molecule has 3 rings (SSSR count). The van der Waals surface area contributed by atoms with Crippen LogP contribution in [0.2, 0.25) is 0 Å². The standard InChI is InChI=1S/C19H15N/c1-3-7-16(8-4-1)11-12-17-13-14-19(20-15-17)18-9-5-2-6-10-18/h1-15H. The highest BCUT2D eigenvalue weighted by Gasteiger charge is 1.97.